The summed E-state index contributed by atoms with van der Waals surface area (Å²) in [5.74, 6) is 0.433. The Balaban J connectivity index is 1.91. The lowest BCUT2D eigenvalue weighted by molar-refractivity contribution is -0.146. The highest BCUT2D eigenvalue weighted by atomic mass is 16.5. The second-order valence-corrected chi connectivity index (χ2v) is 5.43. The zero-order valence-electron chi connectivity index (χ0n) is 10.2. The van der Waals surface area contributed by atoms with Crippen molar-refractivity contribution in [1.29, 1.82) is 0 Å². The van der Waals surface area contributed by atoms with Gasteiger partial charge in [0.25, 0.3) is 0 Å². The van der Waals surface area contributed by atoms with Crippen LogP contribution in [0.25, 0.3) is 0 Å². The summed E-state index contributed by atoms with van der Waals surface area (Å²) < 4.78 is 5.24. The summed E-state index contributed by atoms with van der Waals surface area (Å²) in [6.45, 7) is 4.55. The minimum absolute atomic E-state index is 0.0841. The highest BCUT2D eigenvalue weighted by Crippen LogP contribution is 2.52. The van der Waals surface area contributed by atoms with Gasteiger partial charge in [-0.25, -0.2) is 0 Å². The number of esters is 1. The summed E-state index contributed by atoms with van der Waals surface area (Å²) >= 11 is 0. The number of aromatic hydroxyl groups is 1. The number of phenols is 1. The van der Waals surface area contributed by atoms with Crippen molar-refractivity contribution < 1.29 is 14.6 Å². The molecule has 1 aliphatic carbocycles. The first-order chi connectivity index (χ1) is 8.60. The van der Waals surface area contributed by atoms with Gasteiger partial charge in [-0.2, -0.15) is 0 Å². The van der Waals surface area contributed by atoms with Crippen molar-refractivity contribution in [3.8, 4) is 5.75 Å². The Morgan fingerprint density at radius 1 is 1.39 bits per heavy atom. The van der Waals surface area contributed by atoms with Gasteiger partial charge in [-0.1, -0.05) is 24.3 Å². The highest BCUT2D eigenvalue weighted by molar-refractivity contribution is 5.81. The predicted molar refractivity (Wildman–Crippen MR) is 67.1 cm³/mol. The molecule has 3 nitrogen and oxygen atoms in total. The summed E-state index contributed by atoms with van der Waals surface area (Å²) in [6.07, 6.45) is 2.30. The third-order valence-electron chi connectivity index (χ3n) is 4.16. The molecule has 2 fully saturated rings. The molecule has 3 rings (SSSR count). The summed E-state index contributed by atoms with van der Waals surface area (Å²) in [7, 11) is 0. The molecule has 1 saturated carbocycles. The van der Waals surface area contributed by atoms with Crippen molar-refractivity contribution in [3.63, 3.8) is 0 Å². The number of carbonyl (C=O) groups excluding carboxylic acids is 1. The molecule has 0 aromatic heterocycles. The third kappa shape index (κ3) is 1.62. The molecule has 1 aromatic rings. The summed E-state index contributed by atoms with van der Waals surface area (Å²) in [5.41, 5.74) is 1.80. The van der Waals surface area contributed by atoms with Gasteiger partial charge in [-0.15, -0.1) is 0 Å². The van der Waals surface area contributed by atoms with E-state index in [0.29, 0.717) is 13.0 Å². The Bertz CT molecular complexity index is 503. The average Bonchev–Trinajstić information content (AvgIpc) is 2.79. The van der Waals surface area contributed by atoms with Gasteiger partial charge in [-0.3, -0.25) is 4.79 Å². The molecular weight excluding hydrogens is 228 g/mol. The monoisotopic (exact) mass is 244 g/mol. The zero-order chi connectivity index (χ0) is 12.8. The van der Waals surface area contributed by atoms with Crippen LogP contribution in [0.4, 0.5) is 0 Å². The van der Waals surface area contributed by atoms with Crippen LogP contribution in [0.15, 0.2) is 36.4 Å². The summed E-state index contributed by atoms with van der Waals surface area (Å²) in [4.78, 5) is 12.1. The Morgan fingerprint density at radius 2 is 2.11 bits per heavy atom. The molecule has 3 heteroatoms. The number of hydrogen-bond acceptors (Lipinski definition) is 3. The number of carbonyl (C=O) groups is 1. The first-order valence-corrected chi connectivity index (χ1v) is 6.22. The van der Waals surface area contributed by atoms with Gasteiger partial charge in [0.2, 0.25) is 0 Å². The van der Waals surface area contributed by atoms with E-state index in [1.54, 1.807) is 12.1 Å². The van der Waals surface area contributed by atoms with Gasteiger partial charge in [0, 0.05) is 5.92 Å². The van der Waals surface area contributed by atoms with E-state index in [0.717, 1.165) is 24.0 Å². The summed E-state index contributed by atoms with van der Waals surface area (Å²) in [5, 5.41) is 9.29. The van der Waals surface area contributed by atoms with E-state index in [1.807, 2.05) is 12.1 Å². The van der Waals surface area contributed by atoms with E-state index < -0.39 is 5.41 Å². The van der Waals surface area contributed by atoms with Crippen LogP contribution in [-0.2, 0) is 16.0 Å². The minimum atomic E-state index is -0.409. The SMILES string of the molecule is C=C1C[C@@H]2COC(=O)[C@]2(Cc2ccc(O)cc2)C1. The quantitative estimate of drug-likeness (QED) is 0.642. The van der Waals surface area contributed by atoms with Gasteiger partial charge in [0.15, 0.2) is 0 Å². The Hall–Kier alpha value is -1.77. The van der Waals surface area contributed by atoms with Crippen molar-refractivity contribution in [2.75, 3.05) is 6.61 Å². The van der Waals surface area contributed by atoms with Crippen LogP contribution in [0, 0.1) is 11.3 Å². The molecule has 0 spiro atoms. The summed E-state index contributed by atoms with van der Waals surface area (Å²) in [6, 6.07) is 7.05. The van der Waals surface area contributed by atoms with E-state index in [2.05, 4.69) is 6.58 Å². The van der Waals surface area contributed by atoms with E-state index in [-0.39, 0.29) is 17.6 Å². The lowest BCUT2D eigenvalue weighted by Crippen LogP contribution is -2.31. The van der Waals surface area contributed by atoms with Crippen molar-refractivity contribution >= 4 is 5.97 Å². The molecule has 1 saturated heterocycles. The molecule has 1 aliphatic heterocycles. The van der Waals surface area contributed by atoms with E-state index >= 15 is 0 Å². The first kappa shape index (κ1) is 11.3. The fourth-order valence-corrected chi connectivity index (χ4v) is 3.24. The van der Waals surface area contributed by atoms with Crippen molar-refractivity contribution in [3.05, 3.63) is 42.0 Å². The standard InChI is InChI=1S/C15H16O3/c1-10-6-12-9-18-14(17)15(12,7-10)8-11-2-4-13(16)5-3-11/h2-5,12,16H,1,6-9H2/t12-,15+/m1/s1. The van der Waals surface area contributed by atoms with Crippen LogP contribution in [0.3, 0.4) is 0 Å². The Labute approximate surface area is 106 Å². The van der Waals surface area contributed by atoms with Crippen LogP contribution in [0.1, 0.15) is 18.4 Å². The molecule has 0 radical (unpaired) electrons. The lowest BCUT2D eigenvalue weighted by Gasteiger charge is -2.23. The minimum Gasteiger partial charge on any atom is -0.508 e. The largest absolute Gasteiger partial charge is 0.508 e. The van der Waals surface area contributed by atoms with Crippen LogP contribution < -0.4 is 0 Å². The van der Waals surface area contributed by atoms with E-state index in [1.165, 1.54) is 0 Å². The number of ether oxygens (including phenoxy) is 1. The normalized spacial score (nSPS) is 30.3. The fourth-order valence-electron chi connectivity index (χ4n) is 3.24. The van der Waals surface area contributed by atoms with Crippen LogP contribution in [0.5, 0.6) is 5.75 Å². The predicted octanol–water partition coefficient (Wildman–Crippen LogP) is 2.44. The van der Waals surface area contributed by atoms with E-state index in [4.69, 9.17) is 4.74 Å². The average molecular weight is 244 g/mol. The molecule has 18 heavy (non-hydrogen) atoms. The topological polar surface area (TPSA) is 46.5 Å². The number of phenolic OH excluding ortho intramolecular Hbond substituents is 1. The molecule has 0 amide bonds. The second-order valence-electron chi connectivity index (χ2n) is 5.43. The molecule has 0 unspecified atom stereocenters. The van der Waals surface area contributed by atoms with Crippen molar-refractivity contribution in [2.45, 2.75) is 19.3 Å². The Kier molecular flexibility index (Phi) is 2.44. The van der Waals surface area contributed by atoms with Crippen LogP contribution in [-0.4, -0.2) is 17.7 Å². The zero-order valence-corrected chi connectivity index (χ0v) is 10.2. The first-order valence-electron chi connectivity index (χ1n) is 6.22. The lowest BCUT2D eigenvalue weighted by atomic mass is 9.75. The molecule has 1 aromatic carbocycles. The maximum absolute atomic E-state index is 12.1. The molecule has 2 atom stereocenters. The van der Waals surface area contributed by atoms with Gasteiger partial charge in [-0.05, 0) is 37.0 Å². The molecule has 1 heterocycles. The molecular formula is C15H16O3. The number of rotatable bonds is 2. The maximum Gasteiger partial charge on any atom is 0.313 e. The second kappa shape index (κ2) is 3.87. The number of allylic oxidation sites excluding steroid dienone is 1. The van der Waals surface area contributed by atoms with Crippen LogP contribution in [0.2, 0.25) is 0 Å². The van der Waals surface area contributed by atoms with Gasteiger partial charge < -0.3 is 9.84 Å². The van der Waals surface area contributed by atoms with Crippen molar-refractivity contribution in [2.24, 2.45) is 11.3 Å². The third-order valence-corrected chi connectivity index (χ3v) is 4.16. The fraction of sp³-hybridized carbons (Fsp3) is 0.400. The number of fused-ring (bicyclic) bond motifs is 1. The number of cyclic esters (lactones) is 1. The number of hydrogen-bond donors (Lipinski definition) is 1. The van der Waals surface area contributed by atoms with Crippen LogP contribution >= 0.6 is 0 Å². The Morgan fingerprint density at radius 3 is 2.83 bits per heavy atom. The molecule has 1 N–H and O–H groups in total. The van der Waals surface area contributed by atoms with Crippen molar-refractivity contribution in [1.82, 2.24) is 0 Å². The van der Waals surface area contributed by atoms with Gasteiger partial charge in [0.1, 0.15) is 5.75 Å². The molecule has 0 bridgehead atoms. The van der Waals surface area contributed by atoms with Gasteiger partial charge >= 0.3 is 5.97 Å². The smallest absolute Gasteiger partial charge is 0.313 e. The maximum atomic E-state index is 12.1. The van der Waals surface area contributed by atoms with E-state index in [9.17, 15) is 9.90 Å². The van der Waals surface area contributed by atoms with Gasteiger partial charge in [0.05, 0.1) is 12.0 Å². The highest BCUT2D eigenvalue weighted by Gasteiger charge is 2.55. The molecule has 2 aliphatic rings. The molecule has 94 valence electrons. The number of benzene rings is 1.